The summed E-state index contributed by atoms with van der Waals surface area (Å²) in [6.07, 6.45) is 3.77. The SMILES string of the molecule is C[C@H](OC(=O)c1ccccc1[S@@](C)=O)C(=O)Nc1ccc2c(c1)CCC2. The zero-order valence-electron chi connectivity index (χ0n) is 14.8. The number of carbonyl (C=O) groups is 2. The summed E-state index contributed by atoms with van der Waals surface area (Å²) in [5, 5.41) is 2.79. The van der Waals surface area contributed by atoms with Gasteiger partial charge in [0, 0.05) is 11.9 Å². The van der Waals surface area contributed by atoms with Crippen LogP contribution in [0.1, 0.15) is 34.8 Å². The summed E-state index contributed by atoms with van der Waals surface area (Å²) in [5.41, 5.74) is 3.50. The molecule has 2 aromatic carbocycles. The van der Waals surface area contributed by atoms with Crippen molar-refractivity contribution in [2.75, 3.05) is 11.6 Å². The number of fused-ring (bicyclic) bond motifs is 1. The monoisotopic (exact) mass is 371 g/mol. The summed E-state index contributed by atoms with van der Waals surface area (Å²) in [6.45, 7) is 1.52. The molecule has 0 fully saturated rings. The number of aryl methyl sites for hydroxylation is 2. The molecule has 5 nitrogen and oxygen atoms in total. The summed E-state index contributed by atoms with van der Waals surface area (Å²) >= 11 is 0. The maximum absolute atomic E-state index is 12.4. The number of ether oxygens (including phenoxy) is 1. The van der Waals surface area contributed by atoms with E-state index in [2.05, 4.69) is 5.32 Å². The van der Waals surface area contributed by atoms with E-state index in [1.54, 1.807) is 24.3 Å². The lowest BCUT2D eigenvalue weighted by atomic mass is 10.1. The first-order valence-corrected chi connectivity index (χ1v) is 10.1. The van der Waals surface area contributed by atoms with E-state index in [1.807, 2.05) is 18.2 Å². The number of nitrogens with one attached hydrogen (secondary N) is 1. The van der Waals surface area contributed by atoms with Crippen LogP contribution in [-0.4, -0.2) is 28.4 Å². The van der Waals surface area contributed by atoms with Gasteiger partial charge in [0.2, 0.25) is 0 Å². The van der Waals surface area contributed by atoms with Crippen LogP contribution in [-0.2, 0) is 33.2 Å². The Morgan fingerprint density at radius 3 is 2.62 bits per heavy atom. The number of anilines is 1. The average Bonchev–Trinajstić information content (AvgIpc) is 3.09. The summed E-state index contributed by atoms with van der Waals surface area (Å²) in [7, 11) is -1.32. The predicted molar refractivity (Wildman–Crippen MR) is 101 cm³/mol. The molecule has 3 rings (SSSR count). The molecule has 0 saturated carbocycles. The van der Waals surface area contributed by atoms with Gasteiger partial charge >= 0.3 is 5.97 Å². The van der Waals surface area contributed by atoms with E-state index in [4.69, 9.17) is 4.74 Å². The minimum Gasteiger partial charge on any atom is -0.449 e. The molecule has 1 N–H and O–H groups in total. The predicted octanol–water partition coefficient (Wildman–Crippen LogP) is 3.10. The molecule has 0 aromatic heterocycles. The fraction of sp³-hybridized carbons (Fsp3) is 0.300. The molecule has 0 unspecified atom stereocenters. The minimum absolute atomic E-state index is 0.213. The van der Waals surface area contributed by atoms with Crippen LogP contribution in [0.15, 0.2) is 47.4 Å². The Morgan fingerprint density at radius 1 is 1.12 bits per heavy atom. The van der Waals surface area contributed by atoms with Crippen molar-refractivity contribution >= 4 is 28.4 Å². The van der Waals surface area contributed by atoms with Crippen molar-refractivity contribution in [3.8, 4) is 0 Å². The third-order valence-electron chi connectivity index (χ3n) is 4.44. The Labute approximate surface area is 155 Å². The Hall–Kier alpha value is -2.47. The van der Waals surface area contributed by atoms with Crippen molar-refractivity contribution in [1.82, 2.24) is 0 Å². The number of carbonyl (C=O) groups excluding carboxylic acids is 2. The average molecular weight is 371 g/mol. The first kappa shape index (κ1) is 18.3. The maximum atomic E-state index is 12.4. The van der Waals surface area contributed by atoms with E-state index >= 15 is 0 Å². The molecule has 2 atom stereocenters. The molecule has 1 aliphatic rings. The molecule has 26 heavy (non-hydrogen) atoms. The minimum atomic E-state index is -1.32. The fourth-order valence-electron chi connectivity index (χ4n) is 3.06. The molecule has 1 aliphatic carbocycles. The maximum Gasteiger partial charge on any atom is 0.340 e. The molecule has 0 saturated heterocycles. The molecule has 0 aliphatic heterocycles. The smallest absolute Gasteiger partial charge is 0.340 e. The van der Waals surface area contributed by atoms with Gasteiger partial charge in [-0.25, -0.2) is 4.79 Å². The van der Waals surface area contributed by atoms with Crippen LogP contribution in [0.5, 0.6) is 0 Å². The van der Waals surface area contributed by atoms with Crippen LogP contribution in [0.3, 0.4) is 0 Å². The lowest BCUT2D eigenvalue weighted by Crippen LogP contribution is -2.30. The van der Waals surface area contributed by atoms with E-state index in [-0.39, 0.29) is 5.56 Å². The third-order valence-corrected chi connectivity index (χ3v) is 5.41. The van der Waals surface area contributed by atoms with Gasteiger partial charge in [-0.1, -0.05) is 18.2 Å². The number of esters is 1. The standard InChI is InChI=1S/C20H21NO4S/c1-13(25-20(23)17-8-3-4-9-18(17)26(2)24)19(22)21-16-11-10-14-6-5-7-15(14)12-16/h3-4,8-13H,5-7H2,1-2H3,(H,21,22)/t13-,26+/m0/s1. The van der Waals surface area contributed by atoms with Crippen LogP contribution in [0.2, 0.25) is 0 Å². The molecular formula is C20H21NO4S. The van der Waals surface area contributed by atoms with E-state index < -0.39 is 28.8 Å². The van der Waals surface area contributed by atoms with Crippen molar-refractivity contribution in [2.24, 2.45) is 0 Å². The van der Waals surface area contributed by atoms with E-state index in [0.717, 1.165) is 19.3 Å². The molecule has 0 radical (unpaired) electrons. The molecule has 0 spiro atoms. The Kier molecular flexibility index (Phi) is 5.52. The van der Waals surface area contributed by atoms with Gasteiger partial charge in [0.15, 0.2) is 6.10 Å². The topological polar surface area (TPSA) is 72.5 Å². The fourth-order valence-corrected chi connectivity index (χ4v) is 3.79. The van der Waals surface area contributed by atoms with E-state index in [0.29, 0.717) is 10.6 Å². The van der Waals surface area contributed by atoms with Gasteiger partial charge in [0.1, 0.15) is 0 Å². The Morgan fingerprint density at radius 2 is 1.85 bits per heavy atom. The highest BCUT2D eigenvalue weighted by Gasteiger charge is 2.22. The highest BCUT2D eigenvalue weighted by Crippen LogP contribution is 2.25. The van der Waals surface area contributed by atoms with E-state index in [1.165, 1.54) is 24.3 Å². The van der Waals surface area contributed by atoms with Gasteiger partial charge in [0.25, 0.3) is 5.91 Å². The molecule has 6 heteroatoms. The molecule has 0 bridgehead atoms. The summed E-state index contributed by atoms with van der Waals surface area (Å²) in [6, 6.07) is 12.4. The third kappa shape index (κ3) is 4.02. The Bertz CT molecular complexity index is 878. The van der Waals surface area contributed by atoms with E-state index in [9.17, 15) is 13.8 Å². The number of rotatable bonds is 5. The zero-order valence-corrected chi connectivity index (χ0v) is 15.6. The van der Waals surface area contributed by atoms with Gasteiger partial charge in [-0.05, 0) is 61.6 Å². The van der Waals surface area contributed by atoms with Gasteiger partial charge in [-0.2, -0.15) is 0 Å². The van der Waals surface area contributed by atoms with Gasteiger partial charge in [0.05, 0.1) is 21.3 Å². The first-order valence-electron chi connectivity index (χ1n) is 8.52. The van der Waals surface area contributed by atoms with Gasteiger partial charge in [-0.3, -0.25) is 9.00 Å². The van der Waals surface area contributed by atoms with Crippen molar-refractivity contribution < 1.29 is 18.5 Å². The quantitative estimate of drug-likeness (QED) is 0.820. The second kappa shape index (κ2) is 7.83. The lowest BCUT2D eigenvalue weighted by Gasteiger charge is -2.15. The highest BCUT2D eigenvalue weighted by molar-refractivity contribution is 7.84. The largest absolute Gasteiger partial charge is 0.449 e. The molecular weight excluding hydrogens is 350 g/mol. The van der Waals surface area contributed by atoms with Crippen LogP contribution < -0.4 is 5.32 Å². The van der Waals surface area contributed by atoms with Gasteiger partial charge < -0.3 is 10.1 Å². The van der Waals surface area contributed by atoms with Crippen LogP contribution in [0.4, 0.5) is 5.69 Å². The number of amides is 1. The van der Waals surface area contributed by atoms with Crippen molar-refractivity contribution in [3.05, 3.63) is 59.2 Å². The van der Waals surface area contributed by atoms with Crippen LogP contribution in [0, 0.1) is 0 Å². The van der Waals surface area contributed by atoms with Gasteiger partial charge in [-0.15, -0.1) is 0 Å². The zero-order chi connectivity index (χ0) is 18.7. The first-order chi connectivity index (χ1) is 12.5. The summed E-state index contributed by atoms with van der Waals surface area (Å²) in [4.78, 5) is 25.1. The molecule has 0 heterocycles. The van der Waals surface area contributed by atoms with Crippen molar-refractivity contribution in [3.63, 3.8) is 0 Å². The Balaban J connectivity index is 1.66. The van der Waals surface area contributed by atoms with Crippen molar-refractivity contribution in [1.29, 1.82) is 0 Å². The normalized spacial score (nSPS) is 15.0. The number of hydrogen-bond donors (Lipinski definition) is 1. The lowest BCUT2D eigenvalue weighted by molar-refractivity contribution is -0.123. The number of benzene rings is 2. The highest BCUT2D eigenvalue weighted by atomic mass is 32.2. The molecule has 2 aromatic rings. The van der Waals surface area contributed by atoms with Crippen molar-refractivity contribution in [2.45, 2.75) is 37.2 Å². The second-order valence-corrected chi connectivity index (χ2v) is 7.67. The molecule has 136 valence electrons. The number of hydrogen-bond acceptors (Lipinski definition) is 4. The van der Waals surface area contributed by atoms with Crippen LogP contribution >= 0.6 is 0 Å². The summed E-state index contributed by atoms with van der Waals surface area (Å²) < 4.78 is 17.0. The summed E-state index contributed by atoms with van der Waals surface area (Å²) in [5.74, 6) is -1.06. The second-order valence-electron chi connectivity index (χ2n) is 6.32. The van der Waals surface area contributed by atoms with Crippen LogP contribution in [0.25, 0.3) is 0 Å². The molecule has 1 amide bonds.